The average molecular weight is 259 g/mol. The van der Waals surface area contributed by atoms with Crippen LogP contribution < -0.4 is 5.32 Å². The second kappa shape index (κ2) is 5.13. The smallest absolute Gasteiger partial charge is 0.123 e. The van der Waals surface area contributed by atoms with Gasteiger partial charge < -0.3 is 5.32 Å². The van der Waals surface area contributed by atoms with Crippen LogP contribution in [0, 0.1) is 11.7 Å². The number of piperidine rings is 1. The number of hydrogen-bond acceptors (Lipinski definition) is 2. The Bertz CT molecular complexity index is 547. The van der Waals surface area contributed by atoms with Gasteiger partial charge in [-0.15, -0.1) is 0 Å². The molecule has 0 spiro atoms. The molecule has 3 rings (SSSR count). The highest BCUT2D eigenvalue weighted by atomic mass is 19.1. The van der Waals surface area contributed by atoms with Crippen LogP contribution >= 0.6 is 0 Å². The van der Waals surface area contributed by atoms with Crippen LogP contribution in [0.1, 0.15) is 25.0 Å². The topological polar surface area (TPSA) is 29.9 Å². The summed E-state index contributed by atoms with van der Waals surface area (Å²) < 4.78 is 14.9. The number of nitrogens with one attached hydrogen (secondary N) is 1. The van der Waals surface area contributed by atoms with Crippen LogP contribution in [0.4, 0.5) is 4.39 Å². The number of aromatic nitrogens is 2. The standard InChI is InChI=1S/C15H18FN3/c1-11-10-17-8-6-14(11)15-7-9-18-19(15)13-4-2-12(16)3-5-13/h2-5,7,9,11,14,17H,6,8,10H2,1H3/t11-,14+/m1/s1. The Morgan fingerprint density at radius 2 is 2.05 bits per heavy atom. The summed E-state index contributed by atoms with van der Waals surface area (Å²) in [5.41, 5.74) is 2.15. The molecule has 100 valence electrons. The molecule has 0 bridgehead atoms. The highest BCUT2D eigenvalue weighted by Crippen LogP contribution is 2.31. The first-order valence-electron chi connectivity index (χ1n) is 6.76. The highest BCUT2D eigenvalue weighted by Gasteiger charge is 2.25. The zero-order chi connectivity index (χ0) is 13.2. The SMILES string of the molecule is C[C@@H]1CNCC[C@@H]1c1ccnn1-c1ccc(F)cc1. The Morgan fingerprint density at radius 3 is 2.79 bits per heavy atom. The van der Waals surface area contributed by atoms with Crippen molar-refractivity contribution >= 4 is 0 Å². The zero-order valence-electron chi connectivity index (χ0n) is 11.0. The minimum atomic E-state index is -0.215. The second-order valence-corrected chi connectivity index (χ2v) is 5.22. The van der Waals surface area contributed by atoms with Gasteiger partial charge in [-0.2, -0.15) is 5.10 Å². The van der Waals surface area contributed by atoms with E-state index < -0.39 is 0 Å². The average Bonchev–Trinajstić information content (AvgIpc) is 2.89. The molecular formula is C15H18FN3. The van der Waals surface area contributed by atoms with E-state index in [4.69, 9.17) is 0 Å². The van der Waals surface area contributed by atoms with Gasteiger partial charge >= 0.3 is 0 Å². The summed E-state index contributed by atoms with van der Waals surface area (Å²) in [5, 5.41) is 7.81. The maximum Gasteiger partial charge on any atom is 0.123 e. The van der Waals surface area contributed by atoms with E-state index >= 15 is 0 Å². The maximum absolute atomic E-state index is 13.0. The summed E-state index contributed by atoms with van der Waals surface area (Å²) in [6.07, 6.45) is 2.95. The molecule has 1 aromatic heterocycles. The van der Waals surface area contributed by atoms with Crippen molar-refractivity contribution < 1.29 is 4.39 Å². The van der Waals surface area contributed by atoms with Crippen LogP contribution in [-0.4, -0.2) is 22.9 Å². The first-order chi connectivity index (χ1) is 9.25. The minimum Gasteiger partial charge on any atom is -0.316 e. The first kappa shape index (κ1) is 12.4. The van der Waals surface area contributed by atoms with Gasteiger partial charge in [0.15, 0.2) is 0 Å². The molecule has 1 saturated heterocycles. The third-order valence-corrected chi connectivity index (χ3v) is 3.91. The van der Waals surface area contributed by atoms with Crippen LogP contribution in [0.15, 0.2) is 36.5 Å². The Morgan fingerprint density at radius 1 is 1.26 bits per heavy atom. The van der Waals surface area contributed by atoms with E-state index in [1.807, 2.05) is 10.9 Å². The summed E-state index contributed by atoms with van der Waals surface area (Å²) >= 11 is 0. The number of benzene rings is 1. The Kier molecular flexibility index (Phi) is 3.34. The van der Waals surface area contributed by atoms with E-state index in [0.29, 0.717) is 11.8 Å². The molecule has 1 fully saturated rings. The Balaban J connectivity index is 1.95. The van der Waals surface area contributed by atoms with Gasteiger partial charge in [-0.3, -0.25) is 0 Å². The van der Waals surface area contributed by atoms with Gasteiger partial charge in [0, 0.05) is 17.8 Å². The van der Waals surface area contributed by atoms with Crippen molar-refractivity contribution in [2.24, 2.45) is 5.92 Å². The fourth-order valence-electron chi connectivity index (χ4n) is 2.85. The number of nitrogens with zero attached hydrogens (tertiary/aromatic N) is 2. The van der Waals surface area contributed by atoms with Gasteiger partial charge in [0.25, 0.3) is 0 Å². The van der Waals surface area contributed by atoms with Gasteiger partial charge in [-0.05, 0) is 55.8 Å². The molecule has 0 saturated carbocycles. The van der Waals surface area contributed by atoms with Crippen LogP contribution in [0.5, 0.6) is 0 Å². The molecule has 4 heteroatoms. The minimum absolute atomic E-state index is 0.215. The summed E-state index contributed by atoms with van der Waals surface area (Å²) in [7, 11) is 0. The van der Waals surface area contributed by atoms with Crippen LogP contribution in [0.2, 0.25) is 0 Å². The molecule has 0 amide bonds. The lowest BCUT2D eigenvalue weighted by molar-refractivity contribution is 0.339. The molecule has 3 nitrogen and oxygen atoms in total. The van der Waals surface area contributed by atoms with Gasteiger partial charge in [0.1, 0.15) is 5.82 Å². The highest BCUT2D eigenvalue weighted by molar-refractivity contribution is 5.34. The predicted octanol–water partition coefficient (Wildman–Crippen LogP) is 2.72. The van der Waals surface area contributed by atoms with Crippen molar-refractivity contribution in [1.29, 1.82) is 0 Å². The van der Waals surface area contributed by atoms with Gasteiger partial charge in [-0.25, -0.2) is 9.07 Å². The van der Waals surface area contributed by atoms with Crippen molar-refractivity contribution in [2.75, 3.05) is 13.1 Å². The number of halogens is 1. The Hall–Kier alpha value is -1.68. The quantitative estimate of drug-likeness (QED) is 0.898. The normalized spacial score (nSPS) is 23.5. The fraction of sp³-hybridized carbons (Fsp3) is 0.400. The fourth-order valence-corrected chi connectivity index (χ4v) is 2.85. The lowest BCUT2D eigenvalue weighted by Gasteiger charge is -2.30. The summed E-state index contributed by atoms with van der Waals surface area (Å²) in [6.45, 7) is 4.35. The van der Waals surface area contributed by atoms with E-state index in [1.165, 1.54) is 17.8 Å². The molecule has 0 radical (unpaired) electrons. The third kappa shape index (κ3) is 2.40. The van der Waals surface area contributed by atoms with Gasteiger partial charge in [0.2, 0.25) is 0 Å². The largest absolute Gasteiger partial charge is 0.316 e. The zero-order valence-corrected chi connectivity index (χ0v) is 11.0. The van der Waals surface area contributed by atoms with E-state index in [1.54, 1.807) is 12.1 Å². The molecule has 1 N–H and O–H groups in total. The second-order valence-electron chi connectivity index (χ2n) is 5.22. The molecule has 1 aromatic carbocycles. The summed E-state index contributed by atoms with van der Waals surface area (Å²) in [5.74, 6) is 0.881. The van der Waals surface area contributed by atoms with Crippen molar-refractivity contribution in [3.8, 4) is 5.69 Å². The maximum atomic E-state index is 13.0. The molecular weight excluding hydrogens is 241 g/mol. The van der Waals surface area contributed by atoms with Crippen LogP contribution in [-0.2, 0) is 0 Å². The predicted molar refractivity (Wildman–Crippen MR) is 72.9 cm³/mol. The van der Waals surface area contributed by atoms with Gasteiger partial charge in [-0.1, -0.05) is 6.92 Å². The van der Waals surface area contributed by atoms with Crippen LogP contribution in [0.25, 0.3) is 5.69 Å². The third-order valence-electron chi connectivity index (χ3n) is 3.91. The molecule has 2 atom stereocenters. The lowest BCUT2D eigenvalue weighted by atomic mass is 9.85. The lowest BCUT2D eigenvalue weighted by Crippen LogP contribution is -2.34. The van der Waals surface area contributed by atoms with Gasteiger partial charge in [0.05, 0.1) is 5.69 Å². The monoisotopic (exact) mass is 259 g/mol. The van der Waals surface area contributed by atoms with Crippen molar-refractivity contribution in [3.05, 3.63) is 48.0 Å². The molecule has 0 aliphatic carbocycles. The first-order valence-corrected chi connectivity index (χ1v) is 6.76. The van der Waals surface area contributed by atoms with Crippen molar-refractivity contribution in [1.82, 2.24) is 15.1 Å². The van der Waals surface area contributed by atoms with Crippen LogP contribution in [0.3, 0.4) is 0 Å². The van der Waals surface area contributed by atoms with E-state index in [-0.39, 0.29) is 5.82 Å². The van der Waals surface area contributed by atoms with E-state index in [2.05, 4.69) is 23.4 Å². The van der Waals surface area contributed by atoms with E-state index in [9.17, 15) is 4.39 Å². The molecule has 2 aromatic rings. The molecule has 1 aliphatic heterocycles. The summed E-state index contributed by atoms with van der Waals surface area (Å²) in [6, 6.07) is 8.59. The Labute approximate surface area is 112 Å². The number of rotatable bonds is 2. The molecule has 0 unspecified atom stereocenters. The van der Waals surface area contributed by atoms with Crippen molar-refractivity contribution in [3.63, 3.8) is 0 Å². The van der Waals surface area contributed by atoms with Crippen molar-refractivity contribution in [2.45, 2.75) is 19.3 Å². The van der Waals surface area contributed by atoms with E-state index in [0.717, 1.165) is 25.2 Å². The number of hydrogen-bond donors (Lipinski definition) is 1. The summed E-state index contributed by atoms with van der Waals surface area (Å²) in [4.78, 5) is 0. The molecule has 1 aliphatic rings. The molecule has 2 heterocycles. The molecule has 19 heavy (non-hydrogen) atoms.